The minimum atomic E-state index is -0.716. The topological polar surface area (TPSA) is 110 Å². The molecule has 1 aliphatic carbocycles. The number of nitrogens with zero attached hydrogens (tertiary/aromatic N) is 3. The van der Waals surface area contributed by atoms with Crippen LogP contribution < -0.4 is 10.1 Å². The smallest absolute Gasteiger partial charge is 0.413 e. The summed E-state index contributed by atoms with van der Waals surface area (Å²) >= 11 is 7.47. The predicted molar refractivity (Wildman–Crippen MR) is 203 cm³/mol. The van der Waals surface area contributed by atoms with E-state index in [2.05, 4.69) is 10.3 Å². The number of pyridine rings is 1. The van der Waals surface area contributed by atoms with Gasteiger partial charge in [0.1, 0.15) is 39.3 Å². The molecular weight excluding hydrogens is 726 g/mol. The van der Waals surface area contributed by atoms with Gasteiger partial charge in [-0.1, -0.05) is 17.7 Å². The van der Waals surface area contributed by atoms with Gasteiger partial charge in [-0.2, -0.15) is 0 Å². The predicted octanol–water partition coefficient (Wildman–Crippen LogP) is 10.1. The summed E-state index contributed by atoms with van der Waals surface area (Å²) in [6, 6.07) is 10.6. The lowest BCUT2D eigenvalue weighted by Gasteiger charge is -2.40. The molecule has 10 nitrogen and oxygen atoms in total. The fraction of sp³-hybridized carbons (Fsp3) is 0.436. The van der Waals surface area contributed by atoms with Crippen molar-refractivity contribution < 1.29 is 37.4 Å². The first-order chi connectivity index (χ1) is 24.8. The van der Waals surface area contributed by atoms with Gasteiger partial charge in [0.05, 0.1) is 22.2 Å². The highest BCUT2D eigenvalue weighted by Gasteiger charge is 2.36. The molecule has 0 unspecified atom stereocenters. The van der Waals surface area contributed by atoms with Gasteiger partial charge >= 0.3 is 12.2 Å². The fourth-order valence-electron chi connectivity index (χ4n) is 6.32. The van der Waals surface area contributed by atoms with Gasteiger partial charge in [-0.05, 0) is 115 Å². The molecule has 14 heteroatoms. The fourth-order valence-corrected chi connectivity index (χ4v) is 7.83. The first kappa shape index (κ1) is 39.7. The van der Waals surface area contributed by atoms with Gasteiger partial charge in [-0.15, -0.1) is 11.3 Å². The molecule has 1 N–H and O–H groups in total. The van der Waals surface area contributed by atoms with E-state index in [4.69, 9.17) is 25.8 Å². The summed E-state index contributed by atoms with van der Waals surface area (Å²) in [4.78, 5) is 47.4. The first-order valence-electron chi connectivity index (χ1n) is 17.3. The molecule has 0 radical (unpaired) electrons. The van der Waals surface area contributed by atoms with Gasteiger partial charge in [0.2, 0.25) is 0 Å². The number of nitrogens with one attached hydrogen (secondary N) is 1. The number of thiophene rings is 1. The molecule has 4 aromatic rings. The van der Waals surface area contributed by atoms with Gasteiger partial charge in [0, 0.05) is 37.4 Å². The van der Waals surface area contributed by atoms with Crippen LogP contribution in [0.4, 0.5) is 24.2 Å². The average molecular weight is 771 g/mol. The van der Waals surface area contributed by atoms with E-state index in [1.807, 2.05) is 32.9 Å². The third kappa shape index (κ3) is 9.55. The van der Waals surface area contributed by atoms with Crippen LogP contribution in [0.5, 0.6) is 5.75 Å². The maximum atomic E-state index is 14.9. The maximum Gasteiger partial charge on any atom is 0.413 e. The molecular formula is C39H45ClF2N4O6S. The SMILES string of the molecule is COc1ccc(-c2ccnc(NC(=O)OC(C)(C)C)c2)cc1CN(C(=O)c1sc2c(F)ccc(F)c2c1Cl)[C@H]1CC[C@H](N(C)C(=O)OC(C)(C)C)CC1. The van der Waals surface area contributed by atoms with Gasteiger partial charge in [-0.3, -0.25) is 10.1 Å². The lowest BCUT2D eigenvalue weighted by molar-refractivity contribution is 0.0144. The summed E-state index contributed by atoms with van der Waals surface area (Å²) < 4.78 is 46.4. The largest absolute Gasteiger partial charge is 0.496 e. The number of rotatable bonds is 8. The van der Waals surface area contributed by atoms with E-state index in [0.717, 1.165) is 34.6 Å². The number of benzene rings is 2. The van der Waals surface area contributed by atoms with Gasteiger partial charge < -0.3 is 24.0 Å². The Kier molecular flexibility index (Phi) is 11.9. The second-order valence-electron chi connectivity index (χ2n) is 15.0. The molecule has 0 spiro atoms. The Labute approximate surface area is 317 Å². The molecule has 3 amide bonds. The van der Waals surface area contributed by atoms with Gasteiger partial charge in [0.15, 0.2) is 0 Å². The van der Waals surface area contributed by atoms with Crippen LogP contribution in [0.1, 0.15) is 82.5 Å². The summed E-state index contributed by atoms with van der Waals surface area (Å²) in [7, 11) is 3.25. The average Bonchev–Trinajstić information content (AvgIpc) is 3.44. The quantitative estimate of drug-likeness (QED) is 0.190. The minimum absolute atomic E-state index is 0.0285. The standard InChI is InChI=1S/C39H45ClF2N4O6S/c1-38(2,3)51-36(48)44-30-20-23(17-18-43-30)22-9-16-29(50-8)24(19-22)21-46(26-12-10-25(11-13-26)45(7)37(49)52-39(4,5)6)35(47)34-32(40)31-27(41)14-15-28(42)33(31)53-34/h9,14-20,25-26H,10-13,21H2,1-8H3,(H,43,44,48)/t25-,26-. The lowest BCUT2D eigenvalue weighted by Crippen LogP contribution is -2.47. The number of carbonyl (C=O) groups is 3. The van der Waals surface area contributed by atoms with E-state index >= 15 is 0 Å². The lowest BCUT2D eigenvalue weighted by atomic mass is 9.89. The summed E-state index contributed by atoms with van der Waals surface area (Å²) in [5.41, 5.74) is 0.825. The molecule has 0 aliphatic heterocycles. The molecule has 284 valence electrons. The van der Waals surface area contributed by atoms with Crippen molar-refractivity contribution in [2.24, 2.45) is 0 Å². The Morgan fingerprint density at radius 3 is 2.15 bits per heavy atom. The molecule has 2 aromatic carbocycles. The van der Waals surface area contributed by atoms with Crippen molar-refractivity contribution in [1.29, 1.82) is 0 Å². The Balaban J connectivity index is 1.48. The molecule has 1 fully saturated rings. The summed E-state index contributed by atoms with van der Waals surface area (Å²) in [5.74, 6) is -1.05. The number of hydrogen-bond acceptors (Lipinski definition) is 8. The maximum absolute atomic E-state index is 14.9. The second kappa shape index (κ2) is 15.9. The zero-order valence-corrected chi connectivity index (χ0v) is 32.7. The van der Waals surface area contributed by atoms with E-state index in [9.17, 15) is 23.2 Å². The Morgan fingerprint density at radius 2 is 1.53 bits per heavy atom. The number of halogens is 3. The van der Waals surface area contributed by atoms with Gasteiger partial charge in [0.25, 0.3) is 5.91 Å². The minimum Gasteiger partial charge on any atom is -0.496 e. The van der Waals surface area contributed by atoms with E-state index in [-0.39, 0.29) is 44.4 Å². The third-order valence-corrected chi connectivity index (χ3v) is 10.5. The highest BCUT2D eigenvalue weighted by Crippen LogP contribution is 2.41. The van der Waals surface area contributed by atoms with Crippen molar-refractivity contribution in [3.8, 4) is 16.9 Å². The molecule has 2 heterocycles. The number of fused-ring (bicyclic) bond motifs is 1. The number of carbonyl (C=O) groups excluding carboxylic acids is 3. The van der Waals surface area contributed by atoms with Crippen molar-refractivity contribution in [2.45, 2.75) is 97.1 Å². The van der Waals surface area contributed by atoms with Crippen molar-refractivity contribution >= 4 is 56.9 Å². The number of methoxy groups -OCH3 is 1. The van der Waals surface area contributed by atoms with E-state index in [1.165, 1.54) is 7.11 Å². The van der Waals surface area contributed by atoms with Crippen LogP contribution in [-0.2, 0) is 16.0 Å². The Bertz CT molecular complexity index is 2000. The van der Waals surface area contributed by atoms with Crippen LogP contribution in [0.3, 0.4) is 0 Å². The molecule has 2 aromatic heterocycles. The molecule has 0 atom stereocenters. The molecule has 1 saturated carbocycles. The van der Waals surface area contributed by atoms with Crippen molar-refractivity contribution in [1.82, 2.24) is 14.8 Å². The van der Waals surface area contributed by atoms with Crippen molar-refractivity contribution in [3.05, 3.63) is 75.8 Å². The summed E-state index contributed by atoms with van der Waals surface area (Å²) in [5, 5.41) is 2.39. The van der Waals surface area contributed by atoms with Crippen LogP contribution >= 0.6 is 22.9 Å². The molecule has 53 heavy (non-hydrogen) atoms. The first-order valence-corrected chi connectivity index (χ1v) is 18.5. The van der Waals surface area contributed by atoms with Gasteiger partial charge in [-0.25, -0.2) is 23.4 Å². The van der Waals surface area contributed by atoms with Crippen LogP contribution in [0.25, 0.3) is 21.2 Å². The van der Waals surface area contributed by atoms with Crippen molar-refractivity contribution in [3.63, 3.8) is 0 Å². The number of aromatic nitrogens is 1. The number of hydrogen-bond donors (Lipinski definition) is 1. The van der Waals surface area contributed by atoms with Crippen LogP contribution in [0.2, 0.25) is 5.02 Å². The Hall–Kier alpha value is -4.49. The zero-order valence-electron chi connectivity index (χ0n) is 31.1. The zero-order chi connectivity index (χ0) is 38.8. The monoisotopic (exact) mass is 770 g/mol. The number of ether oxygens (including phenoxy) is 3. The van der Waals surface area contributed by atoms with E-state index in [0.29, 0.717) is 37.0 Å². The highest BCUT2D eigenvalue weighted by atomic mass is 35.5. The Morgan fingerprint density at radius 1 is 0.906 bits per heavy atom. The van der Waals surface area contributed by atoms with Crippen LogP contribution in [-0.4, -0.2) is 70.3 Å². The van der Waals surface area contributed by atoms with Crippen LogP contribution in [0, 0.1) is 11.6 Å². The molecule has 0 bridgehead atoms. The summed E-state index contributed by atoms with van der Waals surface area (Å²) in [6.45, 7) is 10.8. The highest BCUT2D eigenvalue weighted by molar-refractivity contribution is 7.21. The molecule has 0 saturated heterocycles. The molecule has 1 aliphatic rings. The van der Waals surface area contributed by atoms with Crippen LogP contribution in [0.15, 0.2) is 48.7 Å². The normalized spacial score (nSPS) is 16.2. The third-order valence-electron chi connectivity index (χ3n) is 8.82. The summed E-state index contributed by atoms with van der Waals surface area (Å²) in [6.07, 6.45) is 2.78. The second-order valence-corrected chi connectivity index (χ2v) is 16.4. The molecule has 5 rings (SSSR count). The van der Waals surface area contributed by atoms with E-state index < -0.39 is 40.9 Å². The number of amides is 3. The van der Waals surface area contributed by atoms with Crippen molar-refractivity contribution in [2.75, 3.05) is 19.5 Å². The van der Waals surface area contributed by atoms with E-state index in [1.54, 1.807) is 62.0 Å². The number of anilines is 1.